The average molecular weight is 318 g/mol. The first kappa shape index (κ1) is 17.1. The lowest BCUT2D eigenvalue weighted by Crippen LogP contribution is -2.29. The van der Waals surface area contributed by atoms with E-state index in [4.69, 9.17) is 5.73 Å². The van der Waals surface area contributed by atoms with Crippen LogP contribution in [0.25, 0.3) is 0 Å². The van der Waals surface area contributed by atoms with Crippen molar-refractivity contribution in [1.29, 1.82) is 0 Å². The fourth-order valence-corrected chi connectivity index (χ4v) is 2.41. The van der Waals surface area contributed by atoms with Crippen LogP contribution in [0.3, 0.4) is 0 Å². The summed E-state index contributed by atoms with van der Waals surface area (Å²) < 4.78 is 27.0. The Bertz CT molecular complexity index is 671. The van der Waals surface area contributed by atoms with Crippen molar-refractivity contribution in [2.45, 2.75) is 32.4 Å². The summed E-state index contributed by atoms with van der Waals surface area (Å²) in [7, 11) is 0. The monoisotopic (exact) mass is 318 g/mol. The van der Waals surface area contributed by atoms with Crippen molar-refractivity contribution in [2.24, 2.45) is 5.73 Å². The standard InChI is InChI=1S/C18H20F2N2O/c1-2-3-17(15-9-8-14(19)10-16(15)20)22-18(23)13-6-4-12(11-21)5-7-13/h4-10,17H,2-3,11,21H2,1H3,(H,22,23). The van der Waals surface area contributed by atoms with E-state index in [2.05, 4.69) is 5.32 Å². The van der Waals surface area contributed by atoms with Crippen molar-refractivity contribution in [3.05, 3.63) is 70.8 Å². The van der Waals surface area contributed by atoms with E-state index in [0.29, 0.717) is 24.1 Å². The number of hydrogen-bond acceptors (Lipinski definition) is 2. The van der Waals surface area contributed by atoms with Gasteiger partial charge in [-0.3, -0.25) is 4.79 Å². The highest BCUT2D eigenvalue weighted by Gasteiger charge is 2.18. The smallest absolute Gasteiger partial charge is 0.251 e. The lowest BCUT2D eigenvalue weighted by Gasteiger charge is -2.19. The van der Waals surface area contributed by atoms with Crippen molar-refractivity contribution < 1.29 is 13.6 Å². The first-order chi connectivity index (χ1) is 11.0. The van der Waals surface area contributed by atoms with Crippen molar-refractivity contribution in [1.82, 2.24) is 5.32 Å². The van der Waals surface area contributed by atoms with Gasteiger partial charge in [-0.15, -0.1) is 0 Å². The molecule has 0 saturated carbocycles. The van der Waals surface area contributed by atoms with Crippen LogP contribution in [-0.2, 0) is 6.54 Å². The summed E-state index contributed by atoms with van der Waals surface area (Å²) in [6, 6.07) is 9.84. The minimum atomic E-state index is -0.651. The van der Waals surface area contributed by atoms with Gasteiger partial charge >= 0.3 is 0 Å². The van der Waals surface area contributed by atoms with Crippen molar-refractivity contribution in [2.75, 3.05) is 0 Å². The Hall–Kier alpha value is -2.27. The zero-order valence-electron chi connectivity index (χ0n) is 13.0. The van der Waals surface area contributed by atoms with Gasteiger partial charge in [0.25, 0.3) is 5.91 Å². The minimum Gasteiger partial charge on any atom is -0.345 e. The normalized spacial score (nSPS) is 12.0. The van der Waals surface area contributed by atoms with Gasteiger partial charge in [0.05, 0.1) is 6.04 Å². The third-order valence-electron chi connectivity index (χ3n) is 3.67. The Kier molecular flexibility index (Phi) is 5.82. The summed E-state index contributed by atoms with van der Waals surface area (Å²) in [5.74, 6) is -1.58. The second-order valence-corrected chi connectivity index (χ2v) is 5.38. The molecule has 2 aromatic rings. The van der Waals surface area contributed by atoms with Gasteiger partial charge in [0, 0.05) is 23.7 Å². The van der Waals surface area contributed by atoms with Crippen molar-refractivity contribution in [3.63, 3.8) is 0 Å². The molecule has 0 aliphatic heterocycles. The van der Waals surface area contributed by atoms with E-state index in [0.717, 1.165) is 18.1 Å². The van der Waals surface area contributed by atoms with Gasteiger partial charge < -0.3 is 11.1 Å². The lowest BCUT2D eigenvalue weighted by atomic mass is 10.0. The Balaban J connectivity index is 2.19. The molecule has 0 aromatic heterocycles. The SMILES string of the molecule is CCCC(NC(=O)c1ccc(CN)cc1)c1ccc(F)cc1F. The molecular weight excluding hydrogens is 298 g/mol. The van der Waals surface area contributed by atoms with Gasteiger partial charge in [-0.25, -0.2) is 8.78 Å². The Labute approximate surface area is 134 Å². The molecule has 122 valence electrons. The van der Waals surface area contributed by atoms with Crippen LogP contribution >= 0.6 is 0 Å². The molecule has 1 unspecified atom stereocenters. The van der Waals surface area contributed by atoms with Crippen LogP contribution in [0.15, 0.2) is 42.5 Å². The van der Waals surface area contributed by atoms with Gasteiger partial charge in [-0.05, 0) is 30.2 Å². The molecule has 5 heteroatoms. The Morgan fingerprint density at radius 2 is 1.87 bits per heavy atom. The van der Waals surface area contributed by atoms with E-state index in [1.807, 2.05) is 6.92 Å². The van der Waals surface area contributed by atoms with E-state index >= 15 is 0 Å². The predicted molar refractivity (Wildman–Crippen MR) is 85.8 cm³/mol. The summed E-state index contributed by atoms with van der Waals surface area (Å²) in [5.41, 5.74) is 7.22. The first-order valence-corrected chi connectivity index (χ1v) is 7.60. The summed E-state index contributed by atoms with van der Waals surface area (Å²) in [6.45, 7) is 2.35. The molecule has 0 heterocycles. The fraction of sp³-hybridized carbons (Fsp3) is 0.278. The minimum absolute atomic E-state index is 0.292. The molecule has 1 atom stereocenters. The maximum absolute atomic E-state index is 14.0. The second-order valence-electron chi connectivity index (χ2n) is 5.38. The van der Waals surface area contributed by atoms with Crippen LogP contribution in [0.4, 0.5) is 8.78 Å². The molecule has 3 nitrogen and oxygen atoms in total. The van der Waals surface area contributed by atoms with Crippen LogP contribution in [-0.4, -0.2) is 5.91 Å². The van der Waals surface area contributed by atoms with Crippen LogP contribution < -0.4 is 11.1 Å². The van der Waals surface area contributed by atoms with Gasteiger partial charge in [0.1, 0.15) is 11.6 Å². The fourth-order valence-electron chi connectivity index (χ4n) is 2.41. The maximum atomic E-state index is 14.0. The topological polar surface area (TPSA) is 55.1 Å². The highest BCUT2D eigenvalue weighted by atomic mass is 19.1. The van der Waals surface area contributed by atoms with E-state index in [1.165, 1.54) is 12.1 Å². The number of nitrogens with one attached hydrogen (secondary N) is 1. The number of benzene rings is 2. The van der Waals surface area contributed by atoms with Gasteiger partial charge in [0.2, 0.25) is 0 Å². The number of nitrogens with two attached hydrogens (primary N) is 1. The maximum Gasteiger partial charge on any atom is 0.251 e. The van der Waals surface area contributed by atoms with Crippen molar-refractivity contribution in [3.8, 4) is 0 Å². The van der Waals surface area contributed by atoms with E-state index in [1.54, 1.807) is 24.3 Å². The van der Waals surface area contributed by atoms with Gasteiger partial charge in [-0.1, -0.05) is 31.5 Å². The average Bonchev–Trinajstić information content (AvgIpc) is 2.54. The molecule has 0 aliphatic rings. The van der Waals surface area contributed by atoms with Crippen molar-refractivity contribution >= 4 is 5.91 Å². The highest BCUT2D eigenvalue weighted by molar-refractivity contribution is 5.94. The molecule has 1 amide bonds. The zero-order valence-corrected chi connectivity index (χ0v) is 13.0. The second kappa shape index (κ2) is 7.83. The molecule has 0 aliphatic carbocycles. The van der Waals surface area contributed by atoms with Crippen LogP contribution in [0.1, 0.15) is 47.3 Å². The molecule has 3 N–H and O–H groups in total. The van der Waals surface area contributed by atoms with Crippen LogP contribution in [0, 0.1) is 11.6 Å². The first-order valence-electron chi connectivity index (χ1n) is 7.60. The van der Waals surface area contributed by atoms with Gasteiger partial charge in [0.15, 0.2) is 0 Å². The number of hydrogen-bond donors (Lipinski definition) is 2. The molecule has 0 fully saturated rings. The number of carbonyl (C=O) groups excluding carboxylic acids is 1. The zero-order chi connectivity index (χ0) is 16.8. The largest absolute Gasteiger partial charge is 0.345 e. The van der Waals surface area contributed by atoms with Gasteiger partial charge in [-0.2, -0.15) is 0 Å². The summed E-state index contributed by atoms with van der Waals surface area (Å²) in [5, 5.41) is 2.82. The van der Waals surface area contributed by atoms with Crippen LogP contribution in [0.5, 0.6) is 0 Å². The Morgan fingerprint density at radius 1 is 1.17 bits per heavy atom. The van der Waals surface area contributed by atoms with E-state index in [9.17, 15) is 13.6 Å². The molecule has 23 heavy (non-hydrogen) atoms. The lowest BCUT2D eigenvalue weighted by molar-refractivity contribution is 0.0934. The third kappa shape index (κ3) is 4.36. The summed E-state index contributed by atoms with van der Waals surface area (Å²) in [6.07, 6.45) is 1.32. The molecule has 0 bridgehead atoms. The number of carbonyl (C=O) groups is 1. The number of halogens is 2. The van der Waals surface area contributed by atoms with E-state index in [-0.39, 0.29) is 5.91 Å². The molecular formula is C18H20F2N2O. The molecule has 0 radical (unpaired) electrons. The molecule has 2 rings (SSSR count). The van der Waals surface area contributed by atoms with E-state index < -0.39 is 17.7 Å². The molecule has 2 aromatic carbocycles. The third-order valence-corrected chi connectivity index (χ3v) is 3.67. The predicted octanol–water partition coefficient (Wildman–Crippen LogP) is 3.69. The summed E-state index contributed by atoms with van der Waals surface area (Å²) >= 11 is 0. The summed E-state index contributed by atoms with van der Waals surface area (Å²) in [4.78, 5) is 12.3. The molecule has 0 spiro atoms. The molecule has 0 saturated heterocycles. The number of rotatable bonds is 6. The van der Waals surface area contributed by atoms with Crippen LogP contribution in [0.2, 0.25) is 0 Å². The Morgan fingerprint density at radius 3 is 2.43 bits per heavy atom. The number of amides is 1. The highest BCUT2D eigenvalue weighted by Crippen LogP contribution is 2.23. The quantitative estimate of drug-likeness (QED) is 0.853.